The van der Waals surface area contributed by atoms with Crippen LogP contribution < -0.4 is 11.2 Å². The molecule has 0 aliphatic carbocycles. The first-order valence-corrected chi connectivity index (χ1v) is 5.90. The highest BCUT2D eigenvalue weighted by Crippen LogP contribution is 2.17. The number of benzene rings is 1. The van der Waals surface area contributed by atoms with E-state index in [2.05, 4.69) is 15.5 Å². The number of hydrazone groups is 1. The summed E-state index contributed by atoms with van der Waals surface area (Å²) in [6.45, 7) is 1.37. The minimum absolute atomic E-state index is 0.0301. The van der Waals surface area contributed by atoms with Crippen LogP contribution in [0.5, 0.6) is 0 Å². The lowest BCUT2D eigenvalue weighted by atomic mass is 10.1. The van der Waals surface area contributed by atoms with Crippen LogP contribution in [-0.4, -0.2) is 11.2 Å². The maximum atomic E-state index is 13.6. The molecule has 0 atom stereocenters. The number of aromatic nitrogens is 1. The molecule has 0 aliphatic rings. The number of halogens is 2. The van der Waals surface area contributed by atoms with Gasteiger partial charge in [0.15, 0.2) is 0 Å². The van der Waals surface area contributed by atoms with Gasteiger partial charge in [-0.15, -0.1) is 11.3 Å². The number of anilines is 2. The summed E-state index contributed by atoms with van der Waals surface area (Å²) in [6, 6.07) is 2.51. The SMILES string of the molecule is Cc1c(F)ccc(C=NNc2nc(N)cs2)c1F. The van der Waals surface area contributed by atoms with Crippen molar-refractivity contribution in [3.8, 4) is 0 Å². The molecule has 0 radical (unpaired) electrons. The molecule has 0 amide bonds. The fourth-order valence-corrected chi connectivity index (χ4v) is 1.83. The molecule has 3 N–H and O–H groups in total. The molecule has 1 aromatic heterocycles. The van der Waals surface area contributed by atoms with Gasteiger partial charge in [-0.1, -0.05) is 0 Å². The molecule has 94 valence electrons. The number of hydrogen-bond donors (Lipinski definition) is 2. The minimum atomic E-state index is -0.626. The molecule has 0 spiro atoms. The third kappa shape index (κ3) is 2.62. The maximum absolute atomic E-state index is 13.6. The molecular weight excluding hydrogens is 258 g/mol. The molecular formula is C11H10F2N4S. The van der Waals surface area contributed by atoms with Gasteiger partial charge >= 0.3 is 0 Å². The molecule has 1 heterocycles. The zero-order chi connectivity index (χ0) is 13.1. The number of hydrogen-bond acceptors (Lipinski definition) is 5. The van der Waals surface area contributed by atoms with Crippen molar-refractivity contribution < 1.29 is 8.78 Å². The molecule has 2 rings (SSSR count). The van der Waals surface area contributed by atoms with Crippen molar-refractivity contribution in [2.75, 3.05) is 11.2 Å². The van der Waals surface area contributed by atoms with Gasteiger partial charge in [-0.25, -0.2) is 13.8 Å². The van der Waals surface area contributed by atoms with Gasteiger partial charge < -0.3 is 5.73 Å². The Labute approximate surface area is 106 Å². The quantitative estimate of drug-likeness (QED) is 0.664. The molecule has 2 aromatic rings. The van der Waals surface area contributed by atoms with E-state index in [1.165, 1.54) is 36.6 Å². The topological polar surface area (TPSA) is 63.3 Å². The van der Waals surface area contributed by atoms with Crippen molar-refractivity contribution in [1.82, 2.24) is 4.98 Å². The van der Waals surface area contributed by atoms with Crippen LogP contribution in [0.4, 0.5) is 19.7 Å². The molecule has 0 aliphatic heterocycles. The van der Waals surface area contributed by atoms with Crippen molar-refractivity contribution >= 4 is 28.5 Å². The van der Waals surface area contributed by atoms with E-state index in [4.69, 9.17) is 5.73 Å². The summed E-state index contributed by atoms with van der Waals surface area (Å²) < 4.78 is 26.6. The lowest BCUT2D eigenvalue weighted by molar-refractivity contribution is 0.567. The van der Waals surface area contributed by atoms with E-state index >= 15 is 0 Å². The Bertz CT molecular complexity index is 595. The largest absolute Gasteiger partial charge is 0.383 e. The van der Waals surface area contributed by atoms with E-state index in [0.29, 0.717) is 10.9 Å². The Morgan fingerprint density at radius 2 is 2.22 bits per heavy atom. The highest BCUT2D eigenvalue weighted by molar-refractivity contribution is 7.14. The van der Waals surface area contributed by atoms with Crippen LogP contribution >= 0.6 is 11.3 Å². The lowest BCUT2D eigenvalue weighted by Crippen LogP contribution is -1.97. The number of nitrogen functional groups attached to an aromatic ring is 1. The number of nitrogens with one attached hydrogen (secondary N) is 1. The van der Waals surface area contributed by atoms with Gasteiger partial charge in [0, 0.05) is 16.5 Å². The standard InChI is InChI=1S/C11H10F2N4S/c1-6-8(12)3-2-7(10(6)13)4-15-17-11-16-9(14)5-18-11/h2-5H,14H2,1H3,(H,16,17). The van der Waals surface area contributed by atoms with Crippen molar-refractivity contribution in [3.05, 3.63) is 40.3 Å². The number of nitrogens with zero attached hydrogens (tertiary/aromatic N) is 2. The van der Waals surface area contributed by atoms with Gasteiger partial charge in [0.05, 0.1) is 6.21 Å². The third-order valence-electron chi connectivity index (χ3n) is 2.24. The average Bonchev–Trinajstić information content (AvgIpc) is 2.75. The van der Waals surface area contributed by atoms with Gasteiger partial charge in [0.1, 0.15) is 17.5 Å². The highest BCUT2D eigenvalue weighted by atomic mass is 32.1. The average molecular weight is 268 g/mol. The Morgan fingerprint density at radius 1 is 1.44 bits per heavy atom. The first-order chi connectivity index (χ1) is 8.58. The lowest BCUT2D eigenvalue weighted by Gasteiger charge is -2.01. The van der Waals surface area contributed by atoms with Gasteiger partial charge in [-0.05, 0) is 19.1 Å². The predicted octanol–water partition coefficient (Wildman–Crippen LogP) is 2.76. The van der Waals surface area contributed by atoms with Crippen LogP contribution in [0.25, 0.3) is 0 Å². The molecule has 0 unspecified atom stereocenters. The fourth-order valence-electron chi connectivity index (χ4n) is 1.28. The minimum Gasteiger partial charge on any atom is -0.383 e. The Morgan fingerprint density at radius 3 is 2.89 bits per heavy atom. The summed E-state index contributed by atoms with van der Waals surface area (Å²) in [5.41, 5.74) is 8.21. The Hall–Kier alpha value is -2.02. The second-order valence-corrected chi connectivity index (χ2v) is 4.38. The molecule has 7 heteroatoms. The van der Waals surface area contributed by atoms with Crippen LogP contribution in [0.3, 0.4) is 0 Å². The first kappa shape index (κ1) is 12.4. The highest BCUT2D eigenvalue weighted by Gasteiger charge is 2.07. The molecule has 4 nitrogen and oxygen atoms in total. The van der Waals surface area contributed by atoms with Gasteiger partial charge in [0.2, 0.25) is 5.13 Å². The van der Waals surface area contributed by atoms with E-state index in [1.54, 1.807) is 5.38 Å². The number of rotatable bonds is 3. The van der Waals surface area contributed by atoms with Crippen molar-refractivity contribution in [3.63, 3.8) is 0 Å². The summed E-state index contributed by atoms with van der Waals surface area (Å²) in [5.74, 6) is -0.814. The van der Waals surface area contributed by atoms with Crippen LogP contribution in [0.1, 0.15) is 11.1 Å². The third-order valence-corrected chi connectivity index (χ3v) is 3.00. The smallest absolute Gasteiger partial charge is 0.205 e. The van der Waals surface area contributed by atoms with Crippen LogP contribution in [0.2, 0.25) is 0 Å². The monoisotopic (exact) mass is 268 g/mol. The molecule has 0 saturated heterocycles. The van der Waals surface area contributed by atoms with E-state index < -0.39 is 11.6 Å². The predicted molar refractivity (Wildman–Crippen MR) is 68.8 cm³/mol. The van der Waals surface area contributed by atoms with Crippen LogP contribution in [0, 0.1) is 18.6 Å². The van der Waals surface area contributed by atoms with Crippen molar-refractivity contribution in [1.29, 1.82) is 0 Å². The summed E-state index contributed by atoms with van der Waals surface area (Å²) >= 11 is 1.28. The fraction of sp³-hybridized carbons (Fsp3) is 0.0909. The second-order valence-electron chi connectivity index (χ2n) is 3.52. The van der Waals surface area contributed by atoms with Gasteiger partial charge in [-0.3, -0.25) is 5.43 Å². The molecule has 0 bridgehead atoms. The van der Waals surface area contributed by atoms with Crippen LogP contribution in [0.15, 0.2) is 22.6 Å². The van der Waals surface area contributed by atoms with Crippen molar-refractivity contribution in [2.45, 2.75) is 6.92 Å². The summed E-state index contributed by atoms with van der Waals surface area (Å²) in [5, 5.41) is 5.97. The van der Waals surface area contributed by atoms with E-state index in [0.717, 1.165) is 0 Å². The van der Waals surface area contributed by atoms with Gasteiger partial charge in [-0.2, -0.15) is 5.10 Å². The van der Waals surface area contributed by atoms with Crippen molar-refractivity contribution in [2.24, 2.45) is 5.10 Å². The Kier molecular flexibility index (Phi) is 3.52. The first-order valence-electron chi connectivity index (χ1n) is 5.02. The zero-order valence-electron chi connectivity index (χ0n) is 9.45. The summed E-state index contributed by atoms with van der Waals surface area (Å²) in [7, 11) is 0. The molecule has 1 aromatic carbocycles. The molecule has 0 fully saturated rings. The van der Waals surface area contributed by atoms with E-state index in [-0.39, 0.29) is 11.1 Å². The summed E-state index contributed by atoms with van der Waals surface area (Å²) in [6.07, 6.45) is 1.26. The van der Waals surface area contributed by atoms with E-state index in [9.17, 15) is 8.78 Å². The molecule has 18 heavy (non-hydrogen) atoms. The second kappa shape index (κ2) is 5.09. The maximum Gasteiger partial charge on any atom is 0.205 e. The van der Waals surface area contributed by atoms with Gasteiger partial charge in [0.25, 0.3) is 0 Å². The summed E-state index contributed by atoms with van der Waals surface area (Å²) in [4.78, 5) is 3.91. The normalized spacial score (nSPS) is 11.1. The van der Waals surface area contributed by atoms with Crippen LogP contribution in [-0.2, 0) is 0 Å². The zero-order valence-corrected chi connectivity index (χ0v) is 10.3. The number of nitrogens with two attached hydrogens (primary N) is 1. The Balaban J connectivity index is 2.12. The van der Waals surface area contributed by atoms with E-state index in [1.807, 2.05) is 0 Å². The molecule has 0 saturated carbocycles. The number of thiazole rings is 1.